The Labute approximate surface area is 179 Å². The van der Waals surface area contributed by atoms with Gasteiger partial charge in [0.2, 0.25) is 0 Å². The molecule has 1 atom stereocenters. The lowest BCUT2D eigenvalue weighted by Gasteiger charge is -2.37. The highest BCUT2D eigenvalue weighted by atomic mass is 127. The van der Waals surface area contributed by atoms with E-state index in [1.165, 1.54) is 16.7 Å². The summed E-state index contributed by atoms with van der Waals surface area (Å²) in [5, 5.41) is 3.41. The number of halogens is 1. The van der Waals surface area contributed by atoms with E-state index in [0.29, 0.717) is 4.05 Å². The number of rotatable bonds is 6. The van der Waals surface area contributed by atoms with Gasteiger partial charge in [-0.3, -0.25) is 0 Å². The Balaban J connectivity index is 2.03. The molecule has 0 spiro atoms. The Hall–Kier alpha value is -2.60. The molecule has 28 heavy (non-hydrogen) atoms. The topological polar surface area (TPSA) is 29.9 Å². The molecule has 140 valence electrons. The van der Waals surface area contributed by atoms with Crippen molar-refractivity contribution < 1.29 is 0 Å². The summed E-state index contributed by atoms with van der Waals surface area (Å²) in [6.45, 7) is 2.11. The van der Waals surface area contributed by atoms with Crippen molar-refractivity contribution in [1.29, 1.82) is 0 Å². The Morgan fingerprint density at radius 3 is 1.61 bits per heavy atom. The molecule has 0 saturated carbocycles. The smallest absolute Gasteiger partial charge is 0.145 e. The standard InChI is InChI=1S/C24H22IN3/c1-19(25)27-23-17-28(18-26-23)24(20-11-5-2-6-12-20,21-13-7-3-8-14-21)22-15-9-4-10-16-22/h2-19,27H,1H3. The number of benzene rings is 3. The molecule has 3 nitrogen and oxygen atoms in total. The monoisotopic (exact) mass is 479 g/mol. The summed E-state index contributed by atoms with van der Waals surface area (Å²) in [6, 6.07) is 31.9. The highest BCUT2D eigenvalue weighted by Crippen LogP contribution is 2.41. The van der Waals surface area contributed by atoms with E-state index in [1.807, 2.05) is 6.33 Å². The van der Waals surface area contributed by atoms with E-state index in [-0.39, 0.29) is 0 Å². The third kappa shape index (κ3) is 3.44. The number of nitrogens with zero attached hydrogens (tertiary/aromatic N) is 2. The molecule has 0 bridgehead atoms. The van der Waals surface area contributed by atoms with Gasteiger partial charge in [0.05, 0.1) is 10.4 Å². The minimum Gasteiger partial charge on any atom is -0.357 e. The number of hydrogen-bond acceptors (Lipinski definition) is 2. The summed E-state index contributed by atoms with van der Waals surface area (Å²) in [4.78, 5) is 4.65. The largest absolute Gasteiger partial charge is 0.357 e. The van der Waals surface area contributed by atoms with Gasteiger partial charge in [-0.25, -0.2) is 4.98 Å². The molecule has 1 heterocycles. The van der Waals surface area contributed by atoms with E-state index >= 15 is 0 Å². The average Bonchev–Trinajstić information content (AvgIpc) is 3.19. The Morgan fingerprint density at radius 1 is 0.786 bits per heavy atom. The van der Waals surface area contributed by atoms with Crippen LogP contribution in [0.15, 0.2) is 104 Å². The molecule has 1 aromatic heterocycles. The van der Waals surface area contributed by atoms with Crippen LogP contribution in [0.25, 0.3) is 0 Å². The van der Waals surface area contributed by atoms with Crippen molar-refractivity contribution in [3.8, 4) is 0 Å². The quantitative estimate of drug-likeness (QED) is 0.161. The van der Waals surface area contributed by atoms with Crippen LogP contribution < -0.4 is 5.32 Å². The fraction of sp³-hybridized carbons (Fsp3) is 0.125. The molecule has 0 fully saturated rings. The summed E-state index contributed by atoms with van der Waals surface area (Å²) >= 11 is 2.35. The molecule has 1 N–H and O–H groups in total. The van der Waals surface area contributed by atoms with Gasteiger partial charge in [0.1, 0.15) is 11.4 Å². The highest BCUT2D eigenvalue weighted by Gasteiger charge is 2.38. The second-order valence-electron chi connectivity index (χ2n) is 6.74. The van der Waals surface area contributed by atoms with Gasteiger partial charge >= 0.3 is 0 Å². The lowest BCUT2D eigenvalue weighted by atomic mass is 9.77. The molecular weight excluding hydrogens is 457 g/mol. The molecule has 4 aromatic rings. The van der Waals surface area contributed by atoms with E-state index in [2.05, 4.69) is 142 Å². The van der Waals surface area contributed by atoms with Crippen molar-refractivity contribution in [2.24, 2.45) is 0 Å². The van der Waals surface area contributed by atoms with Crippen LogP contribution in [0, 0.1) is 0 Å². The zero-order valence-corrected chi connectivity index (χ0v) is 17.8. The summed E-state index contributed by atoms with van der Waals surface area (Å²) in [5.74, 6) is 0.870. The molecule has 0 radical (unpaired) electrons. The fourth-order valence-corrected chi connectivity index (χ4v) is 4.09. The van der Waals surface area contributed by atoms with Gasteiger partial charge in [0, 0.05) is 6.20 Å². The van der Waals surface area contributed by atoms with Crippen LogP contribution in [0.3, 0.4) is 0 Å². The van der Waals surface area contributed by atoms with Gasteiger partial charge in [-0.15, -0.1) is 0 Å². The average molecular weight is 479 g/mol. The summed E-state index contributed by atoms with van der Waals surface area (Å²) in [7, 11) is 0. The van der Waals surface area contributed by atoms with Crippen LogP contribution >= 0.6 is 22.6 Å². The number of alkyl halides is 1. The summed E-state index contributed by atoms with van der Waals surface area (Å²) in [6.07, 6.45) is 4.02. The van der Waals surface area contributed by atoms with E-state index in [9.17, 15) is 0 Å². The van der Waals surface area contributed by atoms with Gasteiger partial charge in [0.15, 0.2) is 0 Å². The lowest BCUT2D eigenvalue weighted by Crippen LogP contribution is -2.36. The van der Waals surface area contributed by atoms with Gasteiger partial charge < -0.3 is 9.88 Å². The maximum atomic E-state index is 4.65. The molecule has 1 unspecified atom stereocenters. The third-order valence-electron chi connectivity index (χ3n) is 4.89. The molecule has 0 aliphatic carbocycles. The second-order valence-corrected chi connectivity index (χ2v) is 8.60. The van der Waals surface area contributed by atoms with Crippen molar-refractivity contribution in [3.05, 3.63) is 120 Å². The first kappa shape index (κ1) is 18.7. The van der Waals surface area contributed by atoms with Crippen molar-refractivity contribution in [2.75, 3.05) is 5.32 Å². The first-order chi connectivity index (χ1) is 13.7. The minimum absolute atomic E-state index is 0.292. The van der Waals surface area contributed by atoms with Crippen LogP contribution in [0.1, 0.15) is 23.6 Å². The Bertz CT molecular complexity index is 915. The molecule has 0 amide bonds. The molecule has 0 saturated heterocycles. The fourth-order valence-electron chi connectivity index (χ4n) is 3.77. The minimum atomic E-state index is -0.509. The predicted octanol–water partition coefficient (Wildman–Crippen LogP) is 5.92. The summed E-state index contributed by atoms with van der Waals surface area (Å²) < 4.78 is 2.51. The van der Waals surface area contributed by atoms with Gasteiger partial charge in [-0.1, -0.05) is 114 Å². The molecule has 0 aliphatic heterocycles. The van der Waals surface area contributed by atoms with Crippen LogP contribution in [0.2, 0.25) is 0 Å². The van der Waals surface area contributed by atoms with Crippen LogP contribution in [0.5, 0.6) is 0 Å². The van der Waals surface area contributed by atoms with Gasteiger partial charge in [-0.2, -0.15) is 0 Å². The van der Waals surface area contributed by atoms with Crippen molar-refractivity contribution in [2.45, 2.75) is 16.5 Å². The first-order valence-electron chi connectivity index (χ1n) is 9.33. The van der Waals surface area contributed by atoms with Gasteiger partial charge in [-0.05, 0) is 23.6 Å². The van der Waals surface area contributed by atoms with Crippen LogP contribution in [-0.2, 0) is 5.54 Å². The number of imidazole rings is 1. The van der Waals surface area contributed by atoms with E-state index in [4.69, 9.17) is 0 Å². The normalized spacial score (nSPS) is 12.5. The number of aromatic nitrogens is 2. The molecular formula is C24H22IN3. The SMILES string of the molecule is CC(I)Nc1cn(C(c2ccccc2)(c2ccccc2)c2ccccc2)cn1. The molecule has 0 aliphatic rings. The van der Waals surface area contributed by atoms with Crippen molar-refractivity contribution in [3.63, 3.8) is 0 Å². The number of nitrogens with one attached hydrogen (secondary N) is 1. The maximum Gasteiger partial charge on any atom is 0.145 e. The zero-order chi connectivity index (χ0) is 19.4. The third-order valence-corrected chi connectivity index (χ3v) is 5.20. The molecule has 4 rings (SSSR count). The number of hydrogen-bond donors (Lipinski definition) is 1. The summed E-state index contributed by atoms with van der Waals surface area (Å²) in [5.41, 5.74) is 3.07. The first-order valence-corrected chi connectivity index (χ1v) is 10.6. The highest BCUT2D eigenvalue weighted by molar-refractivity contribution is 14.1. The Morgan fingerprint density at radius 2 is 1.21 bits per heavy atom. The molecule has 3 aromatic carbocycles. The number of anilines is 1. The van der Waals surface area contributed by atoms with Crippen LogP contribution in [0.4, 0.5) is 5.82 Å². The zero-order valence-electron chi connectivity index (χ0n) is 15.7. The maximum absolute atomic E-state index is 4.65. The Kier molecular flexibility index (Phi) is 5.48. The van der Waals surface area contributed by atoms with Gasteiger partial charge in [0.25, 0.3) is 0 Å². The van der Waals surface area contributed by atoms with Crippen LogP contribution in [-0.4, -0.2) is 13.6 Å². The van der Waals surface area contributed by atoms with Crippen molar-refractivity contribution >= 4 is 28.4 Å². The molecule has 4 heteroatoms. The van der Waals surface area contributed by atoms with E-state index in [0.717, 1.165) is 5.82 Å². The van der Waals surface area contributed by atoms with E-state index < -0.39 is 5.54 Å². The lowest BCUT2D eigenvalue weighted by molar-refractivity contribution is 0.515. The second kappa shape index (κ2) is 8.19. The predicted molar refractivity (Wildman–Crippen MR) is 124 cm³/mol. The van der Waals surface area contributed by atoms with E-state index in [1.54, 1.807) is 0 Å². The van der Waals surface area contributed by atoms with Crippen molar-refractivity contribution in [1.82, 2.24) is 9.55 Å².